The minimum absolute atomic E-state index is 0.169. The zero-order chi connectivity index (χ0) is 43.2. The van der Waals surface area contributed by atoms with E-state index in [1.807, 2.05) is 26.0 Å². The molecular weight excluding hydrogens is 732 g/mol. The van der Waals surface area contributed by atoms with Crippen molar-refractivity contribution >= 4 is 17.5 Å². The minimum Gasteiger partial charge on any atom is -0.459 e. The zero-order valence-corrected chi connectivity index (χ0v) is 36.2. The summed E-state index contributed by atoms with van der Waals surface area (Å²) >= 11 is 0. The summed E-state index contributed by atoms with van der Waals surface area (Å²) in [7, 11) is 0. The van der Waals surface area contributed by atoms with Crippen molar-refractivity contribution in [3.63, 3.8) is 0 Å². The summed E-state index contributed by atoms with van der Waals surface area (Å²) in [5.41, 5.74) is -4.20. The molecule has 57 heavy (non-hydrogen) atoms. The van der Waals surface area contributed by atoms with E-state index in [1.165, 1.54) is 46.8 Å². The first-order chi connectivity index (χ1) is 26.4. The van der Waals surface area contributed by atoms with Crippen molar-refractivity contribution < 1.29 is 59.2 Å². The molecule has 12 heteroatoms. The van der Waals surface area contributed by atoms with E-state index in [2.05, 4.69) is 6.92 Å². The fourth-order valence-electron chi connectivity index (χ4n) is 8.84. The van der Waals surface area contributed by atoms with Crippen molar-refractivity contribution in [1.29, 1.82) is 0 Å². The Morgan fingerprint density at radius 2 is 1.49 bits per heavy atom. The average Bonchev–Trinajstić information content (AvgIpc) is 3.15. The molecule has 18 atom stereocenters. The van der Waals surface area contributed by atoms with Crippen LogP contribution in [0.2, 0.25) is 0 Å². The molecule has 0 aliphatic carbocycles. The van der Waals surface area contributed by atoms with E-state index in [-0.39, 0.29) is 30.3 Å². The van der Waals surface area contributed by atoms with Gasteiger partial charge in [-0.2, -0.15) is 0 Å². The number of esters is 1. The SMILES string of the molecule is CC[C@H]1/C=C/C=C/C[C@@H](C)[C@](C)(O)[C@@](C)(O)C(=O)[C@@H](C)[C@H](O)[C@@H](C)C(=O)[C@H](C)[C@@H](O)[C@H](C)/C=C/C(=O)OC2CC(CC1O)OC1(CC[C@H](C)[C@H](C[C@@H](C)O)O1)[C@H]2C. The van der Waals surface area contributed by atoms with Crippen LogP contribution in [0.25, 0.3) is 0 Å². The van der Waals surface area contributed by atoms with E-state index >= 15 is 0 Å². The molecule has 6 N–H and O–H groups in total. The number of ketones is 2. The van der Waals surface area contributed by atoms with E-state index in [4.69, 9.17) is 14.2 Å². The second-order valence-corrected chi connectivity index (χ2v) is 18.2. The van der Waals surface area contributed by atoms with Gasteiger partial charge in [0.15, 0.2) is 11.6 Å². The first-order valence-electron chi connectivity index (χ1n) is 21.2. The summed E-state index contributed by atoms with van der Waals surface area (Å²) in [6.45, 7) is 18.0. The molecule has 0 aromatic carbocycles. The Morgan fingerprint density at radius 3 is 2.11 bits per heavy atom. The van der Waals surface area contributed by atoms with Crippen molar-refractivity contribution in [2.45, 2.75) is 181 Å². The third-order valence-electron chi connectivity index (χ3n) is 13.8. The van der Waals surface area contributed by atoms with Gasteiger partial charge in [0.25, 0.3) is 0 Å². The summed E-state index contributed by atoms with van der Waals surface area (Å²) in [6.07, 6.45) is 7.59. The standard InChI is InChI=1S/C45H74O12/c1-12-33-17-15-13-14-16-27(4)43(10,53)44(11,54)42(52)31(8)41(51)30(7)40(50)29(6)39(49)26(3)18-19-38(48)55-37-24-34(23-35(33)47)56-45(32(37)9)21-20-25(2)36(57-45)22-28(5)46/h13-15,17-19,25-37,39,41,46-47,49,51,53-54H,12,16,20-24H2,1-11H3/b14-13+,17-15+,19-18+/t25-,26+,27+,28+,29+,30-,31-,32-,33-,34?,35?,36-,37?,39-,41+,43-,44-,45?/m0/s1. The molecule has 4 unspecified atom stereocenters. The van der Waals surface area contributed by atoms with Crippen LogP contribution in [0.5, 0.6) is 0 Å². The van der Waals surface area contributed by atoms with Crippen LogP contribution >= 0.6 is 0 Å². The first kappa shape index (κ1) is 49.1. The van der Waals surface area contributed by atoms with Crippen LogP contribution in [0, 0.1) is 47.3 Å². The lowest BCUT2D eigenvalue weighted by molar-refractivity contribution is -0.362. The van der Waals surface area contributed by atoms with Crippen LogP contribution in [-0.2, 0) is 28.6 Å². The quantitative estimate of drug-likeness (QED) is 0.209. The molecular formula is C45H74O12. The van der Waals surface area contributed by atoms with Gasteiger partial charge in [0.2, 0.25) is 0 Å². The Kier molecular flexibility index (Phi) is 17.5. The van der Waals surface area contributed by atoms with Crippen LogP contribution in [0.15, 0.2) is 36.5 Å². The van der Waals surface area contributed by atoms with Crippen molar-refractivity contribution in [2.24, 2.45) is 47.3 Å². The number of carbonyl (C=O) groups is 3. The average molecular weight is 807 g/mol. The highest BCUT2D eigenvalue weighted by Crippen LogP contribution is 2.47. The number of hydrogen-bond acceptors (Lipinski definition) is 12. The maximum Gasteiger partial charge on any atom is 0.330 e. The molecule has 0 amide bonds. The Balaban J connectivity index is 2.01. The van der Waals surface area contributed by atoms with Gasteiger partial charge in [0, 0.05) is 60.8 Å². The monoisotopic (exact) mass is 807 g/mol. The Morgan fingerprint density at radius 1 is 0.860 bits per heavy atom. The number of ether oxygens (including phenoxy) is 3. The molecule has 3 rings (SSSR count). The first-order valence-corrected chi connectivity index (χ1v) is 21.2. The molecule has 12 nitrogen and oxygen atoms in total. The van der Waals surface area contributed by atoms with Crippen LogP contribution in [0.4, 0.5) is 0 Å². The third-order valence-corrected chi connectivity index (χ3v) is 13.8. The van der Waals surface area contributed by atoms with Crippen LogP contribution in [-0.4, -0.2) is 108 Å². The zero-order valence-electron chi connectivity index (χ0n) is 36.2. The Bertz CT molecular complexity index is 1430. The van der Waals surface area contributed by atoms with E-state index < -0.39 is 101 Å². The van der Waals surface area contributed by atoms with Crippen molar-refractivity contribution in [3.05, 3.63) is 36.5 Å². The second kappa shape index (κ2) is 20.3. The van der Waals surface area contributed by atoms with E-state index in [1.54, 1.807) is 32.9 Å². The number of carbonyl (C=O) groups excluding carboxylic acids is 3. The molecule has 0 saturated carbocycles. The van der Waals surface area contributed by atoms with Crippen molar-refractivity contribution in [3.8, 4) is 0 Å². The summed E-state index contributed by atoms with van der Waals surface area (Å²) in [6, 6.07) is 0. The maximum atomic E-state index is 13.7. The van der Waals surface area contributed by atoms with E-state index in [0.29, 0.717) is 32.1 Å². The predicted molar refractivity (Wildman–Crippen MR) is 216 cm³/mol. The van der Waals surface area contributed by atoms with Gasteiger partial charge in [-0.1, -0.05) is 85.8 Å². The lowest BCUT2D eigenvalue weighted by Crippen LogP contribution is -2.61. The smallest absolute Gasteiger partial charge is 0.330 e. The summed E-state index contributed by atoms with van der Waals surface area (Å²) < 4.78 is 19.6. The number of hydrogen-bond donors (Lipinski definition) is 6. The molecule has 0 aromatic heterocycles. The summed E-state index contributed by atoms with van der Waals surface area (Å²) in [4.78, 5) is 40.7. The van der Waals surface area contributed by atoms with Crippen molar-refractivity contribution in [1.82, 2.24) is 0 Å². The third kappa shape index (κ3) is 11.5. The number of Topliss-reactive ketones (excluding diaryl/α,β-unsaturated/α-hetero) is 2. The lowest BCUT2D eigenvalue weighted by atomic mass is 9.69. The molecule has 2 fully saturated rings. The highest BCUT2D eigenvalue weighted by molar-refractivity contribution is 5.92. The van der Waals surface area contributed by atoms with Gasteiger partial charge < -0.3 is 44.8 Å². The molecule has 3 aliphatic rings. The molecule has 2 bridgehead atoms. The van der Waals surface area contributed by atoms with E-state index in [9.17, 15) is 45.0 Å². The lowest BCUT2D eigenvalue weighted by Gasteiger charge is -2.53. The number of rotatable bonds is 3. The molecule has 1 spiro atoms. The predicted octanol–water partition coefficient (Wildman–Crippen LogP) is 5.00. The number of fused-ring (bicyclic) bond motifs is 2. The maximum absolute atomic E-state index is 13.7. The normalized spacial score (nSPS) is 47.5. The largest absolute Gasteiger partial charge is 0.459 e. The van der Waals surface area contributed by atoms with Gasteiger partial charge in [-0.05, 0) is 58.3 Å². The molecule has 0 radical (unpaired) electrons. The van der Waals surface area contributed by atoms with Gasteiger partial charge in [-0.3, -0.25) is 9.59 Å². The highest BCUT2D eigenvalue weighted by atomic mass is 16.7. The summed E-state index contributed by atoms with van der Waals surface area (Å²) in [5, 5.41) is 67.3. The number of allylic oxidation sites excluding steroid dienone is 3. The van der Waals surface area contributed by atoms with Crippen LogP contribution < -0.4 is 0 Å². The Hall–Kier alpha value is -2.29. The van der Waals surface area contributed by atoms with Crippen LogP contribution in [0.3, 0.4) is 0 Å². The van der Waals surface area contributed by atoms with Crippen LogP contribution in [0.1, 0.15) is 121 Å². The van der Waals surface area contributed by atoms with Gasteiger partial charge in [-0.25, -0.2) is 4.79 Å². The fourth-order valence-corrected chi connectivity index (χ4v) is 8.84. The highest BCUT2D eigenvalue weighted by Gasteiger charge is 2.55. The number of aliphatic hydroxyl groups is 6. The van der Waals surface area contributed by atoms with Crippen molar-refractivity contribution in [2.75, 3.05) is 0 Å². The fraction of sp³-hybridized carbons (Fsp3) is 0.800. The molecule has 326 valence electrons. The Labute approximate surface area is 340 Å². The topological polar surface area (TPSA) is 200 Å². The van der Waals surface area contributed by atoms with Gasteiger partial charge in [-0.15, -0.1) is 0 Å². The molecule has 3 aliphatic heterocycles. The molecule has 3 heterocycles. The van der Waals surface area contributed by atoms with Gasteiger partial charge in [0.05, 0.1) is 36.6 Å². The minimum atomic E-state index is -2.28. The van der Waals surface area contributed by atoms with E-state index in [0.717, 1.165) is 6.42 Å². The second-order valence-electron chi connectivity index (χ2n) is 18.2. The molecule has 0 aromatic rings. The van der Waals surface area contributed by atoms with Gasteiger partial charge in [0.1, 0.15) is 23.1 Å². The van der Waals surface area contributed by atoms with Gasteiger partial charge >= 0.3 is 5.97 Å². The number of aliphatic hydroxyl groups excluding tert-OH is 4. The molecule has 2 saturated heterocycles. The summed E-state index contributed by atoms with van der Waals surface area (Å²) in [5.74, 6) is -8.18.